The van der Waals surface area contributed by atoms with Crippen LogP contribution < -0.4 is 10.6 Å². The third-order valence-electron chi connectivity index (χ3n) is 2.75. The summed E-state index contributed by atoms with van der Waals surface area (Å²) in [5.41, 5.74) is 6.53. The van der Waals surface area contributed by atoms with E-state index in [9.17, 15) is 4.79 Å². The zero-order chi connectivity index (χ0) is 13.9. The van der Waals surface area contributed by atoms with Gasteiger partial charge in [0.15, 0.2) is 5.78 Å². The van der Waals surface area contributed by atoms with Gasteiger partial charge in [0.2, 0.25) is 0 Å². The molecule has 0 saturated heterocycles. The molecule has 0 radical (unpaired) electrons. The van der Waals surface area contributed by atoms with Gasteiger partial charge in [-0.25, -0.2) is 0 Å². The first-order valence-electron chi connectivity index (χ1n) is 6.12. The number of likely N-dealkylation sites (N-methyl/N-ethyl adjacent to an activating group) is 2. The van der Waals surface area contributed by atoms with Crippen LogP contribution in [0.1, 0.15) is 23.5 Å². The SMILES string of the molecule is CC(C)C(=O)c1sc(N(C)CCN(C)C)cc1N. The van der Waals surface area contributed by atoms with E-state index in [0.717, 1.165) is 18.1 Å². The van der Waals surface area contributed by atoms with Crippen LogP contribution in [0.3, 0.4) is 0 Å². The topological polar surface area (TPSA) is 49.6 Å². The fourth-order valence-electron chi connectivity index (χ4n) is 1.49. The van der Waals surface area contributed by atoms with Crippen molar-refractivity contribution in [2.45, 2.75) is 13.8 Å². The minimum atomic E-state index is -0.00844. The molecule has 0 unspecified atom stereocenters. The first-order chi connectivity index (χ1) is 8.32. The van der Waals surface area contributed by atoms with Crippen molar-refractivity contribution in [1.82, 2.24) is 4.90 Å². The third kappa shape index (κ3) is 3.71. The van der Waals surface area contributed by atoms with Crippen LogP contribution in [-0.2, 0) is 0 Å². The van der Waals surface area contributed by atoms with Crippen LogP contribution in [-0.4, -0.2) is 44.9 Å². The largest absolute Gasteiger partial charge is 0.397 e. The summed E-state index contributed by atoms with van der Waals surface area (Å²) >= 11 is 1.49. The predicted octanol–water partition coefficient (Wildman–Crippen LogP) is 2.17. The van der Waals surface area contributed by atoms with Gasteiger partial charge in [-0.1, -0.05) is 13.8 Å². The molecule has 0 atom stereocenters. The molecular weight excluding hydrogens is 246 g/mol. The molecule has 18 heavy (non-hydrogen) atoms. The van der Waals surface area contributed by atoms with Gasteiger partial charge in [0.1, 0.15) is 0 Å². The Morgan fingerprint density at radius 1 is 1.33 bits per heavy atom. The summed E-state index contributed by atoms with van der Waals surface area (Å²) in [6.07, 6.45) is 0. The molecule has 1 rings (SSSR count). The van der Waals surface area contributed by atoms with Crippen molar-refractivity contribution in [3.8, 4) is 0 Å². The van der Waals surface area contributed by atoms with E-state index >= 15 is 0 Å². The van der Waals surface area contributed by atoms with E-state index in [2.05, 4.69) is 9.80 Å². The fourth-order valence-corrected chi connectivity index (χ4v) is 2.65. The molecule has 0 spiro atoms. The molecule has 4 nitrogen and oxygen atoms in total. The Labute approximate surface area is 113 Å². The molecule has 1 heterocycles. The highest BCUT2D eigenvalue weighted by Crippen LogP contribution is 2.33. The summed E-state index contributed by atoms with van der Waals surface area (Å²) in [4.78, 5) is 16.9. The monoisotopic (exact) mass is 269 g/mol. The quantitative estimate of drug-likeness (QED) is 0.804. The number of nitrogens with two attached hydrogens (primary N) is 1. The summed E-state index contributed by atoms with van der Waals surface area (Å²) in [5.74, 6) is 0.121. The van der Waals surface area contributed by atoms with Crippen LogP contribution in [0.4, 0.5) is 10.7 Å². The number of anilines is 2. The molecule has 2 N–H and O–H groups in total. The summed E-state index contributed by atoms with van der Waals surface area (Å²) in [6.45, 7) is 5.69. The van der Waals surface area contributed by atoms with Crippen molar-refractivity contribution < 1.29 is 4.79 Å². The van der Waals surface area contributed by atoms with Crippen LogP contribution in [0.2, 0.25) is 0 Å². The van der Waals surface area contributed by atoms with Gasteiger partial charge in [0.25, 0.3) is 0 Å². The molecule has 0 bridgehead atoms. The smallest absolute Gasteiger partial charge is 0.177 e. The standard InChI is InChI=1S/C13H23N3OS/c1-9(2)12(17)13-10(14)8-11(18-13)16(5)7-6-15(3)4/h8-9H,6-7,14H2,1-5H3. The maximum absolute atomic E-state index is 12.0. The highest BCUT2D eigenvalue weighted by molar-refractivity contribution is 7.18. The number of hydrogen-bond donors (Lipinski definition) is 1. The van der Waals surface area contributed by atoms with Gasteiger partial charge in [-0.3, -0.25) is 4.79 Å². The Bertz CT molecular complexity index is 412. The van der Waals surface area contributed by atoms with Crippen LogP contribution >= 0.6 is 11.3 Å². The van der Waals surface area contributed by atoms with Gasteiger partial charge in [-0.05, 0) is 20.2 Å². The average molecular weight is 269 g/mol. The molecule has 0 amide bonds. The van der Waals surface area contributed by atoms with Crippen molar-refractivity contribution >= 4 is 27.8 Å². The maximum atomic E-state index is 12.0. The number of carbonyl (C=O) groups is 1. The van der Waals surface area contributed by atoms with E-state index < -0.39 is 0 Å². The van der Waals surface area contributed by atoms with E-state index in [4.69, 9.17) is 5.73 Å². The van der Waals surface area contributed by atoms with Crippen molar-refractivity contribution in [2.75, 3.05) is 44.9 Å². The Morgan fingerprint density at radius 2 is 1.94 bits per heavy atom. The lowest BCUT2D eigenvalue weighted by molar-refractivity contribution is 0.0944. The van der Waals surface area contributed by atoms with Gasteiger partial charge in [-0.15, -0.1) is 11.3 Å². The normalized spacial score (nSPS) is 11.3. The molecular formula is C13H23N3OS. The zero-order valence-corrected chi connectivity index (χ0v) is 12.7. The molecule has 1 aromatic rings. The summed E-state index contributed by atoms with van der Waals surface area (Å²) in [6, 6.07) is 1.90. The number of ketones is 1. The highest BCUT2D eigenvalue weighted by Gasteiger charge is 2.18. The van der Waals surface area contributed by atoms with Crippen molar-refractivity contribution in [3.05, 3.63) is 10.9 Å². The Kier molecular flexibility index (Phi) is 5.16. The van der Waals surface area contributed by atoms with Gasteiger partial charge < -0.3 is 15.5 Å². The number of hydrogen-bond acceptors (Lipinski definition) is 5. The summed E-state index contributed by atoms with van der Waals surface area (Å²) in [7, 11) is 6.12. The van der Waals surface area contributed by atoms with Gasteiger partial charge in [0.05, 0.1) is 15.6 Å². The first-order valence-corrected chi connectivity index (χ1v) is 6.94. The van der Waals surface area contributed by atoms with E-state index in [-0.39, 0.29) is 11.7 Å². The van der Waals surface area contributed by atoms with Gasteiger partial charge in [0, 0.05) is 26.1 Å². The molecule has 1 aromatic heterocycles. The first kappa shape index (κ1) is 15.0. The number of rotatable bonds is 6. The van der Waals surface area contributed by atoms with E-state index in [1.54, 1.807) is 0 Å². The van der Waals surface area contributed by atoms with Crippen LogP contribution in [0.25, 0.3) is 0 Å². The lowest BCUT2D eigenvalue weighted by Gasteiger charge is -2.19. The van der Waals surface area contributed by atoms with Crippen molar-refractivity contribution in [3.63, 3.8) is 0 Å². The summed E-state index contributed by atoms with van der Waals surface area (Å²) < 4.78 is 0. The minimum Gasteiger partial charge on any atom is -0.397 e. The second kappa shape index (κ2) is 6.20. The number of Topliss-reactive ketones (excluding diaryl/α,β-unsaturated/α-hetero) is 1. The van der Waals surface area contributed by atoms with E-state index in [1.165, 1.54) is 11.3 Å². The molecule has 0 saturated carbocycles. The maximum Gasteiger partial charge on any atom is 0.177 e. The Hall–Kier alpha value is -1.07. The minimum absolute atomic E-state index is 0.00844. The van der Waals surface area contributed by atoms with Crippen LogP contribution in [0, 0.1) is 5.92 Å². The van der Waals surface area contributed by atoms with Crippen LogP contribution in [0.5, 0.6) is 0 Å². The molecule has 5 heteroatoms. The lowest BCUT2D eigenvalue weighted by Crippen LogP contribution is -2.27. The van der Waals surface area contributed by atoms with Crippen molar-refractivity contribution in [2.24, 2.45) is 5.92 Å². The molecule has 102 valence electrons. The van der Waals surface area contributed by atoms with E-state index in [0.29, 0.717) is 10.6 Å². The zero-order valence-electron chi connectivity index (χ0n) is 11.9. The molecule has 0 aliphatic rings. The number of thiophene rings is 1. The number of nitrogen functional groups attached to an aromatic ring is 1. The lowest BCUT2D eigenvalue weighted by atomic mass is 10.1. The Balaban J connectivity index is 2.80. The second-order valence-electron chi connectivity index (χ2n) is 5.11. The molecule has 0 aliphatic heterocycles. The molecule has 0 fully saturated rings. The highest BCUT2D eigenvalue weighted by atomic mass is 32.1. The average Bonchev–Trinajstić information content (AvgIpc) is 2.66. The Morgan fingerprint density at radius 3 is 2.44 bits per heavy atom. The fraction of sp³-hybridized carbons (Fsp3) is 0.615. The predicted molar refractivity (Wildman–Crippen MR) is 79.7 cm³/mol. The summed E-state index contributed by atoms with van der Waals surface area (Å²) in [5, 5.41) is 1.05. The third-order valence-corrected chi connectivity index (χ3v) is 4.03. The van der Waals surface area contributed by atoms with Gasteiger partial charge >= 0.3 is 0 Å². The number of nitrogens with zero attached hydrogens (tertiary/aromatic N) is 2. The molecule has 0 aromatic carbocycles. The molecule has 0 aliphatic carbocycles. The second-order valence-corrected chi connectivity index (χ2v) is 6.14. The number of carbonyl (C=O) groups excluding carboxylic acids is 1. The van der Waals surface area contributed by atoms with Gasteiger partial charge in [-0.2, -0.15) is 0 Å². The van der Waals surface area contributed by atoms with Crippen molar-refractivity contribution in [1.29, 1.82) is 0 Å². The van der Waals surface area contributed by atoms with Crippen LogP contribution in [0.15, 0.2) is 6.07 Å². The van der Waals surface area contributed by atoms with E-state index in [1.807, 2.05) is 41.1 Å².